The van der Waals surface area contributed by atoms with Gasteiger partial charge in [-0.3, -0.25) is 4.79 Å². The van der Waals surface area contributed by atoms with Crippen molar-refractivity contribution in [3.8, 4) is 6.07 Å². The zero-order valence-corrected chi connectivity index (χ0v) is 12.3. The van der Waals surface area contributed by atoms with Gasteiger partial charge in [-0.2, -0.15) is 5.26 Å². The number of carbonyl (C=O) groups excluding carboxylic acids is 1. The van der Waals surface area contributed by atoms with Gasteiger partial charge in [0.2, 0.25) is 0 Å². The second kappa shape index (κ2) is 8.00. The number of aryl methyl sites for hydroxylation is 2. The summed E-state index contributed by atoms with van der Waals surface area (Å²) in [5.41, 5.74) is 2.93. The highest BCUT2D eigenvalue weighted by atomic mass is 16.1. The molecule has 4 nitrogen and oxygen atoms in total. The molecule has 0 fully saturated rings. The summed E-state index contributed by atoms with van der Waals surface area (Å²) >= 11 is 0. The Morgan fingerprint density at radius 1 is 1.40 bits per heavy atom. The fourth-order valence-corrected chi connectivity index (χ4v) is 1.75. The molecular formula is C16H21N3O. The molecule has 106 valence electrons. The van der Waals surface area contributed by atoms with Crippen LogP contribution in [-0.4, -0.2) is 12.5 Å². The van der Waals surface area contributed by atoms with Gasteiger partial charge in [-0.1, -0.05) is 31.0 Å². The molecule has 0 aliphatic rings. The molecule has 1 aromatic rings. The van der Waals surface area contributed by atoms with Gasteiger partial charge in [-0.15, -0.1) is 0 Å². The first kappa shape index (κ1) is 15.8. The molecular weight excluding hydrogens is 250 g/mol. The Balaban J connectivity index is 2.70. The van der Waals surface area contributed by atoms with Crippen molar-refractivity contribution in [3.63, 3.8) is 0 Å². The van der Waals surface area contributed by atoms with Crippen molar-refractivity contribution in [3.05, 3.63) is 41.1 Å². The summed E-state index contributed by atoms with van der Waals surface area (Å²) in [6.07, 6.45) is 3.56. The number of anilines is 1. The van der Waals surface area contributed by atoms with Crippen LogP contribution < -0.4 is 10.6 Å². The van der Waals surface area contributed by atoms with Crippen LogP contribution in [0.15, 0.2) is 30.0 Å². The Labute approximate surface area is 120 Å². The lowest BCUT2D eigenvalue weighted by Gasteiger charge is -2.08. The van der Waals surface area contributed by atoms with Gasteiger partial charge in [0.25, 0.3) is 5.91 Å². The minimum absolute atomic E-state index is 0.0843. The molecule has 1 rings (SSSR count). The Hall–Kier alpha value is -2.28. The first-order chi connectivity index (χ1) is 9.58. The average Bonchev–Trinajstić information content (AvgIpc) is 2.42. The summed E-state index contributed by atoms with van der Waals surface area (Å²) in [5.74, 6) is -0.386. The van der Waals surface area contributed by atoms with E-state index in [1.54, 1.807) is 0 Å². The normalized spacial score (nSPS) is 10.8. The molecule has 2 N–H and O–H groups in total. The van der Waals surface area contributed by atoms with E-state index in [-0.39, 0.29) is 11.5 Å². The number of carbonyl (C=O) groups is 1. The fourth-order valence-electron chi connectivity index (χ4n) is 1.75. The van der Waals surface area contributed by atoms with Crippen molar-refractivity contribution >= 4 is 11.6 Å². The van der Waals surface area contributed by atoms with E-state index in [0.29, 0.717) is 0 Å². The lowest BCUT2D eigenvalue weighted by Crippen LogP contribution is -2.17. The van der Waals surface area contributed by atoms with Crippen molar-refractivity contribution in [1.82, 2.24) is 5.32 Å². The highest BCUT2D eigenvalue weighted by molar-refractivity contribution is 6.06. The van der Waals surface area contributed by atoms with Crippen molar-refractivity contribution in [2.24, 2.45) is 0 Å². The summed E-state index contributed by atoms with van der Waals surface area (Å²) in [6, 6.07) is 7.69. The topological polar surface area (TPSA) is 64.9 Å². The average molecular weight is 271 g/mol. The molecule has 0 aliphatic carbocycles. The minimum atomic E-state index is -0.386. The number of nitriles is 1. The first-order valence-corrected chi connectivity index (χ1v) is 6.80. The molecule has 0 atom stereocenters. The van der Waals surface area contributed by atoms with E-state index < -0.39 is 0 Å². The maximum Gasteiger partial charge on any atom is 0.267 e. The third-order valence-corrected chi connectivity index (χ3v) is 2.92. The third-order valence-electron chi connectivity index (χ3n) is 2.92. The third kappa shape index (κ3) is 4.77. The van der Waals surface area contributed by atoms with Gasteiger partial charge in [0.05, 0.1) is 0 Å². The Morgan fingerprint density at radius 3 is 2.75 bits per heavy atom. The second-order valence-corrected chi connectivity index (χ2v) is 4.75. The molecule has 1 amide bonds. The van der Waals surface area contributed by atoms with Gasteiger partial charge in [-0.25, -0.2) is 0 Å². The number of hydrogen-bond donors (Lipinski definition) is 2. The monoisotopic (exact) mass is 271 g/mol. The molecule has 0 saturated carbocycles. The molecule has 0 aliphatic heterocycles. The Kier molecular flexibility index (Phi) is 6.31. The first-order valence-electron chi connectivity index (χ1n) is 6.80. The summed E-state index contributed by atoms with van der Waals surface area (Å²) < 4.78 is 0. The predicted molar refractivity (Wildman–Crippen MR) is 81.2 cm³/mol. The molecule has 0 heterocycles. The van der Waals surface area contributed by atoms with E-state index in [0.717, 1.165) is 36.2 Å². The minimum Gasteiger partial charge on any atom is -0.390 e. The van der Waals surface area contributed by atoms with Crippen LogP contribution in [0.3, 0.4) is 0 Å². The van der Waals surface area contributed by atoms with Gasteiger partial charge < -0.3 is 10.6 Å². The maximum absolute atomic E-state index is 12.0. The fraction of sp³-hybridized carbons (Fsp3) is 0.375. The summed E-state index contributed by atoms with van der Waals surface area (Å²) in [7, 11) is 0. The molecule has 4 heteroatoms. The van der Waals surface area contributed by atoms with Crippen LogP contribution in [0.4, 0.5) is 5.69 Å². The van der Waals surface area contributed by atoms with E-state index in [1.807, 2.05) is 38.1 Å². The van der Waals surface area contributed by atoms with Crippen LogP contribution in [0, 0.1) is 25.2 Å². The van der Waals surface area contributed by atoms with Crippen LogP contribution in [0.2, 0.25) is 0 Å². The number of unbranched alkanes of at least 4 members (excludes halogenated alkanes) is 1. The number of nitrogens with one attached hydrogen (secondary N) is 2. The van der Waals surface area contributed by atoms with E-state index >= 15 is 0 Å². The second-order valence-electron chi connectivity index (χ2n) is 4.75. The van der Waals surface area contributed by atoms with Crippen molar-refractivity contribution < 1.29 is 4.79 Å². The van der Waals surface area contributed by atoms with Gasteiger partial charge >= 0.3 is 0 Å². The molecule has 0 radical (unpaired) electrons. The summed E-state index contributed by atoms with van der Waals surface area (Å²) in [4.78, 5) is 12.0. The van der Waals surface area contributed by atoms with Crippen LogP contribution in [0.5, 0.6) is 0 Å². The van der Waals surface area contributed by atoms with Crippen LogP contribution >= 0.6 is 0 Å². The quantitative estimate of drug-likeness (QED) is 0.475. The van der Waals surface area contributed by atoms with Gasteiger partial charge in [0.1, 0.15) is 11.6 Å². The lowest BCUT2D eigenvalue weighted by molar-refractivity contribution is -0.112. The number of rotatable bonds is 6. The Morgan fingerprint density at radius 2 is 2.15 bits per heavy atom. The standard InChI is InChI=1S/C16H21N3O/c1-4-5-8-18-11-14(10-17)16(20)19-15-7-6-12(2)9-13(15)3/h6-7,9,11,18H,4-5,8H2,1-3H3,(H,19,20)/b14-11-. The molecule has 20 heavy (non-hydrogen) atoms. The summed E-state index contributed by atoms with van der Waals surface area (Å²) in [6.45, 7) is 6.77. The van der Waals surface area contributed by atoms with E-state index in [1.165, 1.54) is 6.20 Å². The van der Waals surface area contributed by atoms with Crippen molar-refractivity contribution in [2.45, 2.75) is 33.6 Å². The van der Waals surface area contributed by atoms with Crippen molar-refractivity contribution in [2.75, 3.05) is 11.9 Å². The lowest BCUT2D eigenvalue weighted by atomic mass is 10.1. The number of nitrogens with zero attached hydrogens (tertiary/aromatic N) is 1. The molecule has 0 saturated heterocycles. The van der Waals surface area contributed by atoms with E-state index in [2.05, 4.69) is 17.6 Å². The highest BCUT2D eigenvalue weighted by Crippen LogP contribution is 2.16. The molecule has 0 unspecified atom stereocenters. The molecule has 1 aromatic carbocycles. The van der Waals surface area contributed by atoms with Gasteiger partial charge in [0, 0.05) is 18.4 Å². The molecule has 0 aromatic heterocycles. The largest absolute Gasteiger partial charge is 0.390 e. The van der Waals surface area contributed by atoms with E-state index in [9.17, 15) is 4.79 Å². The number of benzene rings is 1. The Bertz CT molecular complexity index is 541. The zero-order chi connectivity index (χ0) is 15.0. The highest BCUT2D eigenvalue weighted by Gasteiger charge is 2.10. The predicted octanol–water partition coefficient (Wildman–Crippen LogP) is 3.04. The summed E-state index contributed by atoms with van der Waals surface area (Å²) in [5, 5.41) is 14.8. The number of amides is 1. The van der Waals surface area contributed by atoms with Crippen LogP contribution in [0.25, 0.3) is 0 Å². The maximum atomic E-state index is 12.0. The SMILES string of the molecule is CCCCN/C=C(/C#N)C(=O)Nc1ccc(C)cc1C. The van der Waals surface area contributed by atoms with Crippen LogP contribution in [0.1, 0.15) is 30.9 Å². The molecule has 0 spiro atoms. The molecule has 0 bridgehead atoms. The van der Waals surface area contributed by atoms with E-state index in [4.69, 9.17) is 5.26 Å². The van der Waals surface area contributed by atoms with Crippen molar-refractivity contribution in [1.29, 1.82) is 5.26 Å². The number of hydrogen-bond acceptors (Lipinski definition) is 3. The van der Waals surface area contributed by atoms with Gasteiger partial charge in [0.15, 0.2) is 0 Å². The van der Waals surface area contributed by atoms with Crippen LogP contribution in [-0.2, 0) is 4.79 Å². The zero-order valence-electron chi connectivity index (χ0n) is 12.3. The van der Waals surface area contributed by atoms with Gasteiger partial charge in [-0.05, 0) is 31.9 Å². The smallest absolute Gasteiger partial charge is 0.267 e.